The van der Waals surface area contributed by atoms with E-state index < -0.39 is 11.8 Å². The molecule has 0 bridgehead atoms. The minimum Gasteiger partial charge on any atom is -0.508 e. The van der Waals surface area contributed by atoms with Crippen molar-refractivity contribution in [1.82, 2.24) is 0 Å². The third kappa shape index (κ3) is 5.43. The third-order valence-corrected chi connectivity index (χ3v) is 3.95. The molecule has 0 radical (unpaired) electrons. The summed E-state index contributed by atoms with van der Waals surface area (Å²) in [6.45, 7) is -0.228. The molecule has 146 valence electrons. The van der Waals surface area contributed by atoms with Gasteiger partial charge in [0.25, 0.3) is 11.8 Å². The number of rotatable bonds is 7. The second kappa shape index (κ2) is 9.18. The number of amides is 2. The molecule has 3 rings (SSSR count). The van der Waals surface area contributed by atoms with Gasteiger partial charge in [0.05, 0.1) is 5.69 Å². The molecule has 0 aliphatic heterocycles. The number of phenols is 1. The van der Waals surface area contributed by atoms with Crippen molar-refractivity contribution in [2.45, 2.75) is 0 Å². The Morgan fingerprint density at radius 1 is 0.931 bits per heavy atom. The van der Waals surface area contributed by atoms with E-state index in [4.69, 9.17) is 4.74 Å². The van der Waals surface area contributed by atoms with Crippen LogP contribution in [0.4, 0.5) is 11.4 Å². The molecule has 7 heteroatoms. The number of aldehydes is 1. The first-order valence-corrected chi connectivity index (χ1v) is 8.72. The second-order valence-corrected chi connectivity index (χ2v) is 6.07. The van der Waals surface area contributed by atoms with Gasteiger partial charge in [-0.05, 0) is 54.6 Å². The predicted octanol–water partition coefficient (Wildman–Crippen LogP) is 3.47. The monoisotopic (exact) mass is 390 g/mol. The molecule has 2 amide bonds. The predicted molar refractivity (Wildman–Crippen MR) is 108 cm³/mol. The summed E-state index contributed by atoms with van der Waals surface area (Å²) < 4.78 is 5.34. The molecular formula is C22H18N2O5. The summed E-state index contributed by atoms with van der Waals surface area (Å²) in [7, 11) is 0. The van der Waals surface area contributed by atoms with Gasteiger partial charge in [0, 0.05) is 16.8 Å². The van der Waals surface area contributed by atoms with Crippen LogP contribution >= 0.6 is 0 Å². The van der Waals surface area contributed by atoms with E-state index in [1.165, 1.54) is 18.2 Å². The van der Waals surface area contributed by atoms with Gasteiger partial charge < -0.3 is 20.5 Å². The van der Waals surface area contributed by atoms with Gasteiger partial charge in [0.2, 0.25) is 0 Å². The highest BCUT2D eigenvalue weighted by molar-refractivity contribution is 6.07. The Morgan fingerprint density at radius 3 is 2.45 bits per heavy atom. The molecule has 0 atom stereocenters. The number of carbonyl (C=O) groups excluding carboxylic acids is 3. The number of para-hydroxylation sites is 1. The normalized spacial score (nSPS) is 10.1. The van der Waals surface area contributed by atoms with E-state index in [1.807, 2.05) is 0 Å². The van der Waals surface area contributed by atoms with Gasteiger partial charge in [-0.15, -0.1) is 0 Å². The van der Waals surface area contributed by atoms with Crippen LogP contribution in [-0.4, -0.2) is 29.8 Å². The fourth-order valence-corrected chi connectivity index (χ4v) is 2.53. The largest absolute Gasteiger partial charge is 0.508 e. The standard InChI is InChI=1S/C22H18N2O5/c25-13-16-4-1-2-7-20(16)24-22(28)15-5-3-6-17(12-15)23-21(27)14-29-19-10-8-18(26)9-11-19/h1-13,26H,14H2,(H,23,27)(H,24,28). The summed E-state index contributed by atoms with van der Waals surface area (Å²) in [6.07, 6.45) is 0.667. The van der Waals surface area contributed by atoms with Crippen molar-refractivity contribution >= 4 is 29.5 Å². The highest BCUT2D eigenvalue weighted by atomic mass is 16.5. The smallest absolute Gasteiger partial charge is 0.262 e. The zero-order valence-electron chi connectivity index (χ0n) is 15.3. The Labute approximate surface area is 166 Å². The zero-order valence-corrected chi connectivity index (χ0v) is 15.3. The lowest BCUT2D eigenvalue weighted by molar-refractivity contribution is -0.118. The summed E-state index contributed by atoms with van der Waals surface area (Å²) in [5.74, 6) is -0.259. The molecule has 0 fully saturated rings. The van der Waals surface area contributed by atoms with E-state index >= 15 is 0 Å². The van der Waals surface area contributed by atoms with Crippen molar-refractivity contribution in [2.75, 3.05) is 17.2 Å². The van der Waals surface area contributed by atoms with Crippen molar-refractivity contribution < 1.29 is 24.2 Å². The first kappa shape index (κ1) is 19.6. The Kier molecular flexibility index (Phi) is 6.22. The van der Waals surface area contributed by atoms with E-state index in [0.29, 0.717) is 34.5 Å². The maximum Gasteiger partial charge on any atom is 0.262 e. The summed E-state index contributed by atoms with van der Waals surface area (Å²) in [5, 5.41) is 14.6. The van der Waals surface area contributed by atoms with Gasteiger partial charge in [-0.1, -0.05) is 18.2 Å². The highest BCUT2D eigenvalue weighted by Gasteiger charge is 2.11. The minimum absolute atomic E-state index is 0.104. The lowest BCUT2D eigenvalue weighted by Crippen LogP contribution is -2.20. The molecule has 7 nitrogen and oxygen atoms in total. The summed E-state index contributed by atoms with van der Waals surface area (Å²) in [4.78, 5) is 35.6. The average molecular weight is 390 g/mol. The molecular weight excluding hydrogens is 372 g/mol. The molecule has 0 saturated heterocycles. The number of anilines is 2. The fourth-order valence-electron chi connectivity index (χ4n) is 2.53. The van der Waals surface area contributed by atoms with Gasteiger partial charge in [-0.2, -0.15) is 0 Å². The van der Waals surface area contributed by atoms with Gasteiger partial charge >= 0.3 is 0 Å². The van der Waals surface area contributed by atoms with E-state index in [-0.39, 0.29) is 12.4 Å². The Morgan fingerprint density at radius 2 is 1.69 bits per heavy atom. The number of hydrogen-bond acceptors (Lipinski definition) is 5. The molecule has 29 heavy (non-hydrogen) atoms. The van der Waals surface area contributed by atoms with Crippen molar-refractivity contribution in [3.63, 3.8) is 0 Å². The van der Waals surface area contributed by atoms with E-state index in [0.717, 1.165) is 0 Å². The first-order chi connectivity index (χ1) is 14.0. The first-order valence-electron chi connectivity index (χ1n) is 8.72. The Hall–Kier alpha value is -4.13. The molecule has 0 aliphatic rings. The van der Waals surface area contributed by atoms with Gasteiger partial charge in [-0.3, -0.25) is 14.4 Å². The quantitative estimate of drug-likeness (QED) is 0.536. The number of phenolic OH excluding ortho intramolecular Hbond substituents is 1. The number of carbonyl (C=O) groups is 3. The van der Waals surface area contributed by atoms with E-state index in [1.54, 1.807) is 54.6 Å². The lowest BCUT2D eigenvalue weighted by atomic mass is 10.1. The molecule has 0 saturated carbocycles. The Bertz CT molecular complexity index is 1030. The number of benzene rings is 3. The van der Waals surface area contributed by atoms with Crippen LogP contribution in [0.2, 0.25) is 0 Å². The molecule has 0 spiro atoms. The van der Waals surface area contributed by atoms with Crippen LogP contribution in [0.5, 0.6) is 11.5 Å². The molecule has 3 N–H and O–H groups in total. The van der Waals surface area contributed by atoms with Crippen LogP contribution in [0.15, 0.2) is 72.8 Å². The molecule has 3 aromatic rings. The fraction of sp³-hybridized carbons (Fsp3) is 0.0455. The van der Waals surface area contributed by atoms with Crippen LogP contribution in [0.3, 0.4) is 0 Å². The molecule has 0 aromatic heterocycles. The van der Waals surface area contributed by atoms with E-state index in [2.05, 4.69) is 10.6 Å². The van der Waals surface area contributed by atoms with E-state index in [9.17, 15) is 19.5 Å². The van der Waals surface area contributed by atoms with Crippen LogP contribution in [0.1, 0.15) is 20.7 Å². The minimum atomic E-state index is -0.407. The number of aromatic hydroxyl groups is 1. The van der Waals surface area contributed by atoms with Gasteiger partial charge in [0.1, 0.15) is 11.5 Å². The van der Waals surface area contributed by atoms with Crippen LogP contribution in [0.25, 0.3) is 0 Å². The van der Waals surface area contributed by atoms with Crippen molar-refractivity contribution in [2.24, 2.45) is 0 Å². The van der Waals surface area contributed by atoms with Gasteiger partial charge in [-0.25, -0.2) is 0 Å². The molecule has 0 aliphatic carbocycles. The second-order valence-electron chi connectivity index (χ2n) is 6.07. The molecule has 3 aromatic carbocycles. The van der Waals surface area contributed by atoms with Crippen molar-refractivity contribution in [3.05, 3.63) is 83.9 Å². The summed E-state index contributed by atoms with van der Waals surface area (Å²) >= 11 is 0. The topological polar surface area (TPSA) is 105 Å². The number of hydrogen-bond donors (Lipinski definition) is 3. The van der Waals surface area contributed by atoms with Crippen LogP contribution in [0, 0.1) is 0 Å². The van der Waals surface area contributed by atoms with Crippen LogP contribution in [-0.2, 0) is 4.79 Å². The van der Waals surface area contributed by atoms with Crippen molar-refractivity contribution in [3.8, 4) is 11.5 Å². The maximum absolute atomic E-state index is 12.5. The van der Waals surface area contributed by atoms with Gasteiger partial charge in [0.15, 0.2) is 12.9 Å². The summed E-state index contributed by atoms with van der Waals surface area (Å²) in [5.41, 5.74) is 1.53. The number of nitrogens with one attached hydrogen (secondary N) is 2. The summed E-state index contributed by atoms with van der Waals surface area (Å²) in [6, 6.07) is 19.1. The number of ether oxygens (including phenoxy) is 1. The third-order valence-electron chi connectivity index (χ3n) is 3.95. The highest BCUT2D eigenvalue weighted by Crippen LogP contribution is 2.17. The average Bonchev–Trinajstić information content (AvgIpc) is 2.74. The maximum atomic E-state index is 12.5. The molecule has 0 unspecified atom stereocenters. The molecule has 0 heterocycles. The lowest BCUT2D eigenvalue weighted by Gasteiger charge is -2.10. The SMILES string of the molecule is O=Cc1ccccc1NC(=O)c1cccc(NC(=O)COc2ccc(O)cc2)c1. The Balaban J connectivity index is 1.61. The zero-order chi connectivity index (χ0) is 20.6. The van der Waals surface area contributed by atoms with Crippen molar-refractivity contribution in [1.29, 1.82) is 0 Å². The van der Waals surface area contributed by atoms with Crippen LogP contribution < -0.4 is 15.4 Å².